The largest absolute Gasteiger partial charge is 0.497 e. The molecule has 0 bridgehead atoms. The quantitative estimate of drug-likeness (QED) is 0.747. The van der Waals surface area contributed by atoms with Crippen molar-refractivity contribution >= 4 is 17.3 Å². The van der Waals surface area contributed by atoms with Gasteiger partial charge < -0.3 is 19.7 Å². The molecule has 0 aromatic heterocycles. The number of benzene rings is 2. The van der Waals surface area contributed by atoms with Gasteiger partial charge in [0.05, 0.1) is 20.8 Å². The predicted octanol–water partition coefficient (Wildman–Crippen LogP) is 4.08. The Balaban J connectivity index is 1.40. The fraction of sp³-hybridized carbons (Fsp3) is 0.458. The van der Waals surface area contributed by atoms with Gasteiger partial charge in [-0.3, -0.25) is 9.69 Å². The van der Waals surface area contributed by atoms with Gasteiger partial charge in [-0.15, -0.1) is 0 Å². The number of methoxy groups -OCH3 is 2. The lowest BCUT2D eigenvalue weighted by atomic mass is 10.0. The summed E-state index contributed by atoms with van der Waals surface area (Å²) in [5.41, 5.74) is 3.16. The Morgan fingerprint density at radius 2 is 1.77 bits per heavy atom. The maximum atomic E-state index is 12.7. The smallest absolute Gasteiger partial charge is 0.238 e. The highest BCUT2D eigenvalue weighted by Gasteiger charge is 2.30. The lowest BCUT2D eigenvalue weighted by molar-refractivity contribution is -0.117. The Kier molecular flexibility index (Phi) is 6.43. The van der Waals surface area contributed by atoms with Crippen LogP contribution in [0, 0.1) is 0 Å². The highest BCUT2D eigenvalue weighted by molar-refractivity contribution is 5.92. The normalized spacial score (nSPS) is 19.1. The zero-order valence-corrected chi connectivity index (χ0v) is 17.9. The number of anilines is 2. The first-order valence-electron chi connectivity index (χ1n) is 10.8. The van der Waals surface area contributed by atoms with Crippen LogP contribution < -0.4 is 19.7 Å². The van der Waals surface area contributed by atoms with Gasteiger partial charge in [-0.1, -0.05) is 0 Å². The summed E-state index contributed by atoms with van der Waals surface area (Å²) < 4.78 is 11.0. The molecule has 4 rings (SSSR count). The first-order chi connectivity index (χ1) is 14.7. The van der Waals surface area contributed by atoms with Gasteiger partial charge in [0, 0.05) is 36.1 Å². The Hall–Kier alpha value is -2.73. The van der Waals surface area contributed by atoms with Crippen molar-refractivity contribution in [3.63, 3.8) is 0 Å². The Bertz CT molecular complexity index is 862. The van der Waals surface area contributed by atoms with Crippen LogP contribution in [-0.2, 0) is 4.79 Å². The molecule has 0 spiro atoms. The fourth-order valence-corrected chi connectivity index (χ4v) is 4.58. The monoisotopic (exact) mass is 409 g/mol. The van der Waals surface area contributed by atoms with Crippen LogP contribution in [0.15, 0.2) is 42.5 Å². The molecule has 30 heavy (non-hydrogen) atoms. The van der Waals surface area contributed by atoms with E-state index >= 15 is 0 Å². The van der Waals surface area contributed by atoms with Crippen molar-refractivity contribution < 1.29 is 14.3 Å². The molecular weight excluding hydrogens is 378 g/mol. The number of carbonyl (C=O) groups is 1. The molecule has 2 aliphatic rings. The molecule has 6 nitrogen and oxygen atoms in total. The minimum absolute atomic E-state index is 0.0117. The molecule has 2 heterocycles. The summed E-state index contributed by atoms with van der Waals surface area (Å²) in [7, 11) is 3.35. The number of rotatable bonds is 7. The lowest BCUT2D eigenvalue weighted by Gasteiger charge is -2.26. The van der Waals surface area contributed by atoms with Crippen LogP contribution >= 0.6 is 0 Å². The lowest BCUT2D eigenvalue weighted by Crippen LogP contribution is -2.33. The zero-order chi connectivity index (χ0) is 20.9. The molecule has 0 radical (unpaired) electrons. The number of nitrogens with one attached hydrogen (secondary N) is 1. The summed E-state index contributed by atoms with van der Waals surface area (Å²) in [5, 5.41) is 3.05. The SMILES string of the molecule is COc1ccc(OC)c([C@H]2CCCN2CC(=O)Nc2ccc(N3CCCC3)cc2)c1. The molecular formula is C24H31N3O3. The average molecular weight is 410 g/mol. The standard InChI is InChI=1S/C24H31N3O3/c1-29-20-11-12-23(30-2)21(16-20)22-6-5-15-27(22)17-24(28)25-18-7-9-19(10-8-18)26-13-3-4-14-26/h7-12,16,22H,3-6,13-15,17H2,1-2H3,(H,25,28)/t22-/m1/s1. The second kappa shape index (κ2) is 9.39. The number of nitrogens with zero attached hydrogens (tertiary/aromatic N) is 2. The van der Waals surface area contributed by atoms with Crippen molar-refractivity contribution in [2.24, 2.45) is 0 Å². The zero-order valence-electron chi connectivity index (χ0n) is 17.9. The molecule has 1 amide bonds. The van der Waals surface area contributed by atoms with Crippen molar-refractivity contribution in [2.45, 2.75) is 31.7 Å². The van der Waals surface area contributed by atoms with Crippen molar-refractivity contribution in [1.82, 2.24) is 4.90 Å². The third-order valence-corrected chi connectivity index (χ3v) is 6.13. The van der Waals surface area contributed by atoms with Gasteiger partial charge in [0.15, 0.2) is 0 Å². The Morgan fingerprint density at radius 3 is 2.47 bits per heavy atom. The molecule has 1 N–H and O–H groups in total. The summed E-state index contributed by atoms with van der Waals surface area (Å²) in [6, 6.07) is 14.2. The second-order valence-corrected chi connectivity index (χ2v) is 8.03. The van der Waals surface area contributed by atoms with Crippen LogP contribution in [0.5, 0.6) is 11.5 Å². The molecule has 2 saturated heterocycles. The molecule has 0 aliphatic carbocycles. The Labute approximate surface area is 178 Å². The van der Waals surface area contributed by atoms with E-state index in [1.54, 1.807) is 14.2 Å². The number of likely N-dealkylation sites (tertiary alicyclic amines) is 1. The molecule has 6 heteroatoms. The minimum Gasteiger partial charge on any atom is -0.497 e. The maximum absolute atomic E-state index is 12.7. The highest BCUT2D eigenvalue weighted by Crippen LogP contribution is 2.38. The molecule has 160 valence electrons. The highest BCUT2D eigenvalue weighted by atomic mass is 16.5. The first kappa shape index (κ1) is 20.5. The van der Waals surface area contributed by atoms with Crippen LogP contribution in [0.3, 0.4) is 0 Å². The third-order valence-electron chi connectivity index (χ3n) is 6.13. The third kappa shape index (κ3) is 4.54. The fourth-order valence-electron chi connectivity index (χ4n) is 4.58. The molecule has 2 aliphatic heterocycles. The molecule has 0 unspecified atom stereocenters. The maximum Gasteiger partial charge on any atom is 0.238 e. The topological polar surface area (TPSA) is 54.0 Å². The summed E-state index contributed by atoms with van der Waals surface area (Å²) >= 11 is 0. The molecule has 2 fully saturated rings. The van der Waals surface area contributed by atoms with Crippen LogP contribution in [-0.4, -0.2) is 51.2 Å². The van der Waals surface area contributed by atoms with E-state index in [9.17, 15) is 4.79 Å². The van der Waals surface area contributed by atoms with Crippen molar-refractivity contribution in [1.29, 1.82) is 0 Å². The van der Waals surface area contributed by atoms with Gasteiger partial charge in [-0.25, -0.2) is 0 Å². The number of carbonyl (C=O) groups excluding carboxylic acids is 1. The first-order valence-corrected chi connectivity index (χ1v) is 10.8. The predicted molar refractivity (Wildman–Crippen MR) is 120 cm³/mol. The minimum atomic E-state index is 0.0117. The summed E-state index contributed by atoms with van der Waals surface area (Å²) in [5.74, 6) is 1.66. The molecule has 2 aromatic rings. The van der Waals surface area contributed by atoms with Gasteiger partial charge >= 0.3 is 0 Å². The van der Waals surface area contributed by atoms with Crippen molar-refractivity contribution in [3.05, 3.63) is 48.0 Å². The summed E-state index contributed by atoms with van der Waals surface area (Å²) in [4.78, 5) is 17.4. The molecule has 2 aromatic carbocycles. The Morgan fingerprint density at radius 1 is 1.00 bits per heavy atom. The van der Waals surface area contributed by atoms with Crippen LogP contribution in [0.4, 0.5) is 11.4 Å². The summed E-state index contributed by atoms with van der Waals surface area (Å²) in [6.45, 7) is 3.50. The van der Waals surface area contributed by atoms with E-state index in [1.165, 1.54) is 18.5 Å². The van der Waals surface area contributed by atoms with E-state index in [0.717, 1.165) is 55.2 Å². The van der Waals surface area contributed by atoms with Gasteiger partial charge in [0.2, 0.25) is 5.91 Å². The van der Waals surface area contributed by atoms with E-state index in [-0.39, 0.29) is 11.9 Å². The van der Waals surface area contributed by atoms with Crippen LogP contribution in [0.25, 0.3) is 0 Å². The van der Waals surface area contributed by atoms with Crippen LogP contribution in [0.1, 0.15) is 37.3 Å². The molecule has 0 saturated carbocycles. The van der Waals surface area contributed by atoms with E-state index in [1.807, 2.05) is 30.3 Å². The second-order valence-electron chi connectivity index (χ2n) is 8.03. The van der Waals surface area contributed by atoms with Gasteiger partial charge in [0.25, 0.3) is 0 Å². The van der Waals surface area contributed by atoms with E-state index in [0.29, 0.717) is 6.54 Å². The average Bonchev–Trinajstić information content (AvgIpc) is 3.46. The van der Waals surface area contributed by atoms with E-state index in [2.05, 4.69) is 27.2 Å². The van der Waals surface area contributed by atoms with Gasteiger partial charge in [0.1, 0.15) is 11.5 Å². The number of hydrogen-bond donors (Lipinski definition) is 1. The van der Waals surface area contributed by atoms with E-state index < -0.39 is 0 Å². The van der Waals surface area contributed by atoms with E-state index in [4.69, 9.17) is 9.47 Å². The molecule has 1 atom stereocenters. The van der Waals surface area contributed by atoms with Crippen LogP contribution in [0.2, 0.25) is 0 Å². The number of hydrogen-bond acceptors (Lipinski definition) is 5. The number of amides is 1. The van der Waals surface area contributed by atoms with Gasteiger partial charge in [-0.2, -0.15) is 0 Å². The van der Waals surface area contributed by atoms with Gasteiger partial charge in [-0.05, 0) is 74.7 Å². The van der Waals surface area contributed by atoms with Crippen molar-refractivity contribution in [3.8, 4) is 11.5 Å². The van der Waals surface area contributed by atoms with Crippen molar-refractivity contribution in [2.75, 3.05) is 50.6 Å². The summed E-state index contributed by atoms with van der Waals surface area (Å²) in [6.07, 6.45) is 4.57. The number of ether oxygens (including phenoxy) is 2.